The summed E-state index contributed by atoms with van der Waals surface area (Å²) in [6.07, 6.45) is 2.64. The number of carbonyl (C=O) groups excluding carboxylic acids is 1. The summed E-state index contributed by atoms with van der Waals surface area (Å²) in [4.78, 5) is 10.6. The van der Waals surface area contributed by atoms with Crippen LogP contribution in [0.25, 0.3) is 22.2 Å². The summed E-state index contributed by atoms with van der Waals surface area (Å²) in [5.74, 6) is 0.990. The minimum Gasteiger partial charge on any atom is -0.453 e. The average Bonchev–Trinajstić information content (AvgIpc) is 2.92. The maximum atomic E-state index is 10.6. The molecule has 0 bridgehead atoms. The molecule has 0 N–H and O–H groups in total. The van der Waals surface area contributed by atoms with E-state index in [1.807, 2.05) is 31.4 Å². The molecule has 0 amide bonds. The summed E-state index contributed by atoms with van der Waals surface area (Å²) in [6.45, 7) is 0. The molecular formula is C13H10N2O2. The van der Waals surface area contributed by atoms with Crippen molar-refractivity contribution in [1.29, 1.82) is 0 Å². The Balaban J connectivity index is 2.25. The number of furan rings is 1. The lowest BCUT2D eigenvalue weighted by Gasteiger charge is -1.97. The fraction of sp³-hybridized carbons (Fsp3) is 0.0769. The highest BCUT2D eigenvalue weighted by atomic mass is 16.3. The van der Waals surface area contributed by atoms with E-state index in [0.29, 0.717) is 17.8 Å². The third-order valence-corrected chi connectivity index (χ3v) is 2.66. The molecule has 0 unspecified atom stereocenters. The predicted octanol–water partition coefficient (Wildman–Crippen LogP) is 2.65. The maximum Gasteiger partial charge on any atom is 0.185 e. The molecule has 0 saturated heterocycles. The quantitative estimate of drug-likeness (QED) is 0.631. The standard InChI is InChI=1S/C13H10N2O2/c1-15-7-9-3-2-4-11(13(9)14-15)12-6-5-10(8-16)17-12/h2-8H,1H3. The van der Waals surface area contributed by atoms with Crippen molar-refractivity contribution in [3.8, 4) is 11.3 Å². The van der Waals surface area contributed by atoms with Crippen LogP contribution < -0.4 is 0 Å². The molecule has 2 aromatic heterocycles. The summed E-state index contributed by atoms with van der Waals surface area (Å²) in [5.41, 5.74) is 1.78. The Hall–Kier alpha value is -2.36. The zero-order chi connectivity index (χ0) is 11.8. The fourth-order valence-corrected chi connectivity index (χ4v) is 1.92. The number of nitrogens with zero attached hydrogens (tertiary/aromatic N) is 2. The fourth-order valence-electron chi connectivity index (χ4n) is 1.92. The maximum absolute atomic E-state index is 10.6. The number of carbonyl (C=O) groups is 1. The third kappa shape index (κ3) is 1.54. The number of hydrogen-bond donors (Lipinski definition) is 0. The first-order valence-electron chi connectivity index (χ1n) is 5.26. The zero-order valence-electron chi connectivity index (χ0n) is 9.25. The van der Waals surface area contributed by atoms with Crippen LogP contribution in [-0.4, -0.2) is 16.1 Å². The number of rotatable bonds is 2. The van der Waals surface area contributed by atoms with Crippen LogP contribution in [0.3, 0.4) is 0 Å². The van der Waals surface area contributed by atoms with Crippen LogP contribution in [0.1, 0.15) is 10.6 Å². The number of aromatic nitrogens is 2. The van der Waals surface area contributed by atoms with Crippen molar-refractivity contribution < 1.29 is 9.21 Å². The lowest BCUT2D eigenvalue weighted by molar-refractivity contribution is 0.110. The van der Waals surface area contributed by atoms with Crippen LogP contribution >= 0.6 is 0 Å². The SMILES string of the molecule is Cn1cc2cccc(-c3ccc(C=O)o3)c2n1. The van der Waals surface area contributed by atoms with E-state index in [1.54, 1.807) is 16.8 Å². The van der Waals surface area contributed by atoms with Gasteiger partial charge in [-0.25, -0.2) is 0 Å². The van der Waals surface area contributed by atoms with Gasteiger partial charge in [-0.3, -0.25) is 9.48 Å². The Kier molecular flexibility index (Phi) is 2.08. The van der Waals surface area contributed by atoms with Gasteiger partial charge in [-0.05, 0) is 18.2 Å². The summed E-state index contributed by atoms with van der Waals surface area (Å²) >= 11 is 0. The van der Waals surface area contributed by atoms with E-state index in [0.717, 1.165) is 16.5 Å². The monoisotopic (exact) mass is 226 g/mol. The Labute approximate surface area is 97.5 Å². The number of aldehydes is 1. The lowest BCUT2D eigenvalue weighted by Crippen LogP contribution is -1.86. The van der Waals surface area contributed by atoms with Crippen molar-refractivity contribution in [1.82, 2.24) is 9.78 Å². The average molecular weight is 226 g/mol. The van der Waals surface area contributed by atoms with Crippen LogP contribution in [0.4, 0.5) is 0 Å². The molecule has 84 valence electrons. The van der Waals surface area contributed by atoms with Gasteiger partial charge >= 0.3 is 0 Å². The van der Waals surface area contributed by atoms with Gasteiger partial charge in [0.25, 0.3) is 0 Å². The summed E-state index contributed by atoms with van der Waals surface area (Å²) in [5, 5.41) is 5.44. The number of hydrogen-bond acceptors (Lipinski definition) is 3. The Morgan fingerprint density at radius 1 is 1.29 bits per heavy atom. The molecule has 3 aromatic rings. The number of aryl methyl sites for hydroxylation is 1. The van der Waals surface area contributed by atoms with E-state index >= 15 is 0 Å². The van der Waals surface area contributed by atoms with E-state index in [-0.39, 0.29) is 0 Å². The smallest absolute Gasteiger partial charge is 0.185 e. The molecule has 0 radical (unpaired) electrons. The lowest BCUT2D eigenvalue weighted by atomic mass is 10.1. The Morgan fingerprint density at radius 2 is 2.18 bits per heavy atom. The second-order valence-electron chi connectivity index (χ2n) is 3.87. The first kappa shape index (κ1) is 9.84. The number of fused-ring (bicyclic) bond motifs is 1. The highest BCUT2D eigenvalue weighted by Gasteiger charge is 2.10. The summed E-state index contributed by atoms with van der Waals surface area (Å²) in [6, 6.07) is 9.32. The largest absolute Gasteiger partial charge is 0.453 e. The predicted molar refractivity (Wildman–Crippen MR) is 63.8 cm³/mol. The van der Waals surface area contributed by atoms with Crippen molar-refractivity contribution >= 4 is 17.2 Å². The van der Waals surface area contributed by atoms with Gasteiger partial charge in [0.1, 0.15) is 11.3 Å². The Bertz CT molecular complexity index is 694. The van der Waals surface area contributed by atoms with Crippen LogP contribution in [0.5, 0.6) is 0 Å². The second kappa shape index (κ2) is 3.59. The van der Waals surface area contributed by atoms with Gasteiger partial charge in [-0.15, -0.1) is 0 Å². The molecule has 0 saturated carbocycles. The van der Waals surface area contributed by atoms with Crippen molar-refractivity contribution in [2.75, 3.05) is 0 Å². The Morgan fingerprint density at radius 3 is 2.94 bits per heavy atom. The van der Waals surface area contributed by atoms with Gasteiger partial charge in [0.05, 0.1) is 0 Å². The van der Waals surface area contributed by atoms with Crippen LogP contribution in [-0.2, 0) is 7.05 Å². The first-order chi connectivity index (χ1) is 8.28. The first-order valence-corrected chi connectivity index (χ1v) is 5.26. The van der Waals surface area contributed by atoms with Gasteiger partial charge in [0.15, 0.2) is 12.0 Å². The van der Waals surface area contributed by atoms with Crippen molar-refractivity contribution in [2.45, 2.75) is 0 Å². The van der Waals surface area contributed by atoms with Gasteiger partial charge in [-0.2, -0.15) is 5.10 Å². The van der Waals surface area contributed by atoms with Crippen LogP contribution in [0.2, 0.25) is 0 Å². The molecule has 0 fully saturated rings. The molecule has 0 aliphatic heterocycles. The summed E-state index contributed by atoms with van der Waals surface area (Å²) in [7, 11) is 1.88. The molecule has 1 aromatic carbocycles. The molecular weight excluding hydrogens is 216 g/mol. The molecule has 4 nitrogen and oxygen atoms in total. The molecule has 0 aliphatic rings. The van der Waals surface area contributed by atoms with Crippen molar-refractivity contribution in [2.24, 2.45) is 7.05 Å². The van der Waals surface area contributed by atoms with E-state index in [2.05, 4.69) is 5.10 Å². The molecule has 0 atom stereocenters. The van der Waals surface area contributed by atoms with E-state index in [9.17, 15) is 4.79 Å². The molecule has 0 spiro atoms. The topological polar surface area (TPSA) is 48.0 Å². The molecule has 17 heavy (non-hydrogen) atoms. The summed E-state index contributed by atoms with van der Waals surface area (Å²) < 4.78 is 7.18. The molecule has 2 heterocycles. The van der Waals surface area contributed by atoms with Gasteiger partial charge in [0, 0.05) is 24.2 Å². The van der Waals surface area contributed by atoms with Crippen LogP contribution in [0, 0.1) is 0 Å². The third-order valence-electron chi connectivity index (χ3n) is 2.66. The normalized spacial score (nSPS) is 10.9. The van der Waals surface area contributed by atoms with E-state index in [1.165, 1.54) is 0 Å². The molecule has 0 aliphatic carbocycles. The highest BCUT2D eigenvalue weighted by molar-refractivity contribution is 5.92. The highest BCUT2D eigenvalue weighted by Crippen LogP contribution is 2.28. The number of benzene rings is 1. The van der Waals surface area contributed by atoms with Crippen LogP contribution in [0.15, 0.2) is 40.9 Å². The van der Waals surface area contributed by atoms with Gasteiger partial charge in [0.2, 0.25) is 0 Å². The minimum absolute atomic E-state index is 0.327. The minimum atomic E-state index is 0.327. The van der Waals surface area contributed by atoms with Gasteiger partial charge < -0.3 is 4.42 Å². The second-order valence-corrected chi connectivity index (χ2v) is 3.87. The molecule has 3 rings (SSSR count). The van der Waals surface area contributed by atoms with Crippen molar-refractivity contribution in [3.05, 3.63) is 42.3 Å². The van der Waals surface area contributed by atoms with Crippen molar-refractivity contribution in [3.63, 3.8) is 0 Å². The van der Waals surface area contributed by atoms with E-state index in [4.69, 9.17) is 4.42 Å². The van der Waals surface area contributed by atoms with Gasteiger partial charge in [-0.1, -0.05) is 12.1 Å². The van der Waals surface area contributed by atoms with E-state index < -0.39 is 0 Å². The molecule has 4 heteroatoms. The zero-order valence-corrected chi connectivity index (χ0v) is 9.25.